The minimum Gasteiger partial charge on any atom is -0.388 e. The van der Waals surface area contributed by atoms with Gasteiger partial charge in [0.15, 0.2) is 0 Å². The van der Waals surface area contributed by atoms with E-state index < -0.39 is 0 Å². The van der Waals surface area contributed by atoms with Gasteiger partial charge in [0.05, 0.1) is 0 Å². The lowest BCUT2D eigenvalue weighted by molar-refractivity contribution is -0.109. The molecule has 0 aliphatic carbocycles. The van der Waals surface area contributed by atoms with Crippen LogP contribution in [0.4, 0.5) is 0 Å². The van der Waals surface area contributed by atoms with Crippen molar-refractivity contribution in [2.75, 3.05) is 21.3 Å². The Bertz CT molecular complexity index is 155. The van der Waals surface area contributed by atoms with Crippen molar-refractivity contribution in [1.29, 1.82) is 0 Å². The second-order valence-corrected chi connectivity index (χ2v) is 1.99. The highest BCUT2D eigenvalue weighted by molar-refractivity contribution is 5.45. The molecule has 0 aromatic rings. The molecule has 1 N–H and O–H groups in total. The van der Waals surface area contributed by atoms with E-state index in [9.17, 15) is 0 Å². The Labute approximate surface area is 174 Å². The first-order chi connectivity index (χ1) is 13.4. The smallest absolute Gasteiger partial charge is 0.206 e. The fourth-order valence-corrected chi connectivity index (χ4v) is 0. The summed E-state index contributed by atoms with van der Waals surface area (Å²) < 4.78 is 4.25. The topological polar surface area (TPSA) is 124 Å². The first kappa shape index (κ1) is 63.6. The Morgan fingerprint density at radius 1 is 0.500 bits per heavy atom. The van der Waals surface area contributed by atoms with Gasteiger partial charge in [0, 0.05) is 21.3 Å². The lowest BCUT2D eigenvalue weighted by Gasteiger charge is -1.64. The molecule has 0 aliphatic heterocycles. The standard InChI is InChI=1S/C2H5NO.C2H6O.5C2H4O.3C2H6/c1-3-2-4;1-3-2;5*1-2-3;3*1-2/h2H,1H3,(H,3,4);1-2H3;5*2H,1H3;3*1-2H3. The quantitative estimate of drug-likeness (QED) is 0.647. The van der Waals surface area contributed by atoms with E-state index in [2.05, 4.69) is 10.1 Å². The van der Waals surface area contributed by atoms with Gasteiger partial charge in [0.2, 0.25) is 6.41 Å². The van der Waals surface area contributed by atoms with E-state index >= 15 is 0 Å². The van der Waals surface area contributed by atoms with Gasteiger partial charge in [-0.15, -0.1) is 0 Å². The van der Waals surface area contributed by atoms with Crippen LogP contribution in [0.2, 0.25) is 0 Å². The minimum absolute atomic E-state index is 0.625. The number of carbonyl (C=O) groups is 6. The van der Waals surface area contributed by atoms with Gasteiger partial charge in [0.25, 0.3) is 0 Å². The van der Waals surface area contributed by atoms with Crippen LogP contribution in [0.1, 0.15) is 76.2 Å². The Morgan fingerprint density at radius 2 is 0.536 bits per heavy atom. The summed E-state index contributed by atoms with van der Waals surface area (Å²) in [5.41, 5.74) is 0. The van der Waals surface area contributed by atoms with Crippen LogP contribution in [0.25, 0.3) is 0 Å². The third kappa shape index (κ3) is 8290. The van der Waals surface area contributed by atoms with Crippen molar-refractivity contribution >= 4 is 37.8 Å². The predicted molar refractivity (Wildman–Crippen MR) is 121 cm³/mol. The van der Waals surface area contributed by atoms with Crippen molar-refractivity contribution in [3.8, 4) is 0 Å². The minimum atomic E-state index is 0.625. The molecule has 0 atom stereocenters. The maximum atomic E-state index is 9.06. The van der Waals surface area contributed by atoms with Crippen molar-refractivity contribution < 1.29 is 33.5 Å². The Kier molecular flexibility index (Phi) is 952. The third-order valence-corrected chi connectivity index (χ3v) is 0.118. The molecule has 8 nitrogen and oxygen atoms in total. The van der Waals surface area contributed by atoms with Gasteiger partial charge in [-0.1, -0.05) is 41.5 Å². The molecular formula is C20H49NO7. The molecule has 0 aromatic carbocycles. The lowest BCUT2D eigenvalue weighted by atomic mass is 11.0. The molecule has 0 unspecified atom stereocenters. The number of nitrogens with one attached hydrogen (secondary N) is 1. The Hall–Kier alpha value is -2.22. The molecular weight excluding hydrogens is 366 g/mol. The molecule has 0 spiro atoms. The maximum Gasteiger partial charge on any atom is 0.206 e. The highest BCUT2D eigenvalue weighted by Gasteiger charge is 1.43. The molecule has 0 saturated heterocycles. The van der Waals surface area contributed by atoms with Gasteiger partial charge in [-0.05, 0) is 34.6 Å². The summed E-state index contributed by atoms with van der Waals surface area (Å²) in [4.78, 5) is 53.1. The molecule has 0 aliphatic rings. The summed E-state index contributed by atoms with van der Waals surface area (Å²) in [6, 6.07) is 0. The number of hydrogen-bond donors (Lipinski definition) is 1. The SMILES string of the molecule is CC.CC.CC.CC=O.CC=O.CC=O.CC=O.CC=O.CNC=O.COC. The highest BCUT2D eigenvalue weighted by Crippen LogP contribution is 1.28. The van der Waals surface area contributed by atoms with Crippen LogP contribution in [-0.4, -0.2) is 59.1 Å². The summed E-state index contributed by atoms with van der Waals surface area (Å²) in [6.07, 6.45) is 4.38. The number of amides is 1. The van der Waals surface area contributed by atoms with Gasteiger partial charge in [-0.25, -0.2) is 0 Å². The molecule has 1 amide bonds. The average molecular weight is 416 g/mol. The van der Waals surface area contributed by atoms with E-state index in [0.717, 1.165) is 31.4 Å². The van der Waals surface area contributed by atoms with Gasteiger partial charge in [0.1, 0.15) is 31.4 Å². The zero-order valence-corrected chi connectivity index (χ0v) is 20.8. The molecule has 8 heteroatoms. The van der Waals surface area contributed by atoms with Crippen molar-refractivity contribution in [2.45, 2.75) is 76.2 Å². The summed E-state index contributed by atoms with van der Waals surface area (Å²) >= 11 is 0. The van der Waals surface area contributed by atoms with E-state index in [1.54, 1.807) is 21.3 Å². The highest BCUT2D eigenvalue weighted by atomic mass is 16.4. The number of methoxy groups -OCH3 is 1. The van der Waals surface area contributed by atoms with E-state index in [1.807, 2.05) is 41.5 Å². The van der Waals surface area contributed by atoms with Crippen molar-refractivity contribution in [3.05, 3.63) is 0 Å². The average Bonchev–Trinajstić information content (AvgIpc) is 2.70. The van der Waals surface area contributed by atoms with E-state index in [-0.39, 0.29) is 0 Å². The van der Waals surface area contributed by atoms with E-state index in [4.69, 9.17) is 28.8 Å². The van der Waals surface area contributed by atoms with Crippen LogP contribution >= 0.6 is 0 Å². The molecule has 0 fully saturated rings. The van der Waals surface area contributed by atoms with Crippen LogP contribution in [0.15, 0.2) is 0 Å². The van der Waals surface area contributed by atoms with Crippen molar-refractivity contribution in [3.63, 3.8) is 0 Å². The number of rotatable bonds is 1. The second-order valence-electron chi connectivity index (χ2n) is 1.99. The summed E-state index contributed by atoms with van der Waals surface area (Å²) in [5, 5.41) is 2.25. The molecule has 0 aromatic heterocycles. The van der Waals surface area contributed by atoms with Crippen molar-refractivity contribution in [1.82, 2.24) is 5.32 Å². The number of ether oxygens (including phenoxy) is 1. The van der Waals surface area contributed by atoms with Gasteiger partial charge < -0.3 is 34.0 Å². The molecule has 0 heterocycles. The van der Waals surface area contributed by atoms with Crippen LogP contribution in [0.3, 0.4) is 0 Å². The number of carbonyl (C=O) groups excluding carboxylic acids is 6. The number of hydrogen-bond acceptors (Lipinski definition) is 7. The van der Waals surface area contributed by atoms with Crippen LogP contribution in [-0.2, 0) is 33.5 Å². The fourth-order valence-electron chi connectivity index (χ4n) is 0. The molecule has 0 rings (SSSR count). The molecule has 0 saturated carbocycles. The summed E-state index contributed by atoms with van der Waals surface area (Å²) in [6.45, 7) is 19.2. The van der Waals surface area contributed by atoms with Crippen LogP contribution in [0.5, 0.6) is 0 Å². The first-order valence-corrected chi connectivity index (χ1v) is 8.91. The molecule has 0 radical (unpaired) electrons. The van der Waals surface area contributed by atoms with Gasteiger partial charge in [-0.2, -0.15) is 0 Å². The lowest BCUT2D eigenvalue weighted by Crippen LogP contribution is -1.98. The van der Waals surface area contributed by atoms with Crippen LogP contribution < -0.4 is 5.32 Å². The Balaban J connectivity index is -0.0000000162. The zero-order chi connectivity index (χ0) is 25.7. The summed E-state index contributed by atoms with van der Waals surface area (Å²) in [5.74, 6) is 0. The molecule has 28 heavy (non-hydrogen) atoms. The monoisotopic (exact) mass is 415 g/mol. The van der Waals surface area contributed by atoms with E-state index in [0.29, 0.717) is 6.41 Å². The van der Waals surface area contributed by atoms with Gasteiger partial charge in [-0.3, -0.25) is 4.79 Å². The predicted octanol–water partition coefficient (Wildman–Crippen LogP) is 3.73. The van der Waals surface area contributed by atoms with Crippen LogP contribution in [0, 0.1) is 0 Å². The molecule has 0 bridgehead atoms. The normalized spacial score (nSPS) is 4.36. The summed E-state index contributed by atoms with van der Waals surface area (Å²) in [7, 11) is 4.81. The van der Waals surface area contributed by atoms with Crippen molar-refractivity contribution in [2.24, 2.45) is 0 Å². The largest absolute Gasteiger partial charge is 0.388 e. The Morgan fingerprint density at radius 3 is 0.536 bits per heavy atom. The second kappa shape index (κ2) is 419. The first-order valence-electron chi connectivity index (χ1n) is 8.91. The molecule has 176 valence electrons. The van der Waals surface area contributed by atoms with E-state index in [1.165, 1.54) is 34.6 Å². The van der Waals surface area contributed by atoms with Gasteiger partial charge >= 0.3 is 0 Å². The zero-order valence-electron chi connectivity index (χ0n) is 20.8. The maximum absolute atomic E-state index is 9.06. The number of aldehydes is 5. The third-order valence-electron chi connectivity index (χ3n) is 0.118. The fraction of sp³-hybridized carbons (Fsp3) is 0.700.